The second kappa shape index (κ2) is 13.7. The highest BCUT2D eigenvalue weighted by Gasteiger charge is 2.70. The summed E-state index contributed by atoms with van der Waals surface area (Å²) in [6, 6.07) is 0. The van der Waals surface area contributed by atoms with Crippen molar-refractivity contribution < 1.29 is 36.9 Å². The Kier molecular flexibility index (Phi) is 12.0. The minimum absolute atomic E-state index is 0.0622. The standard InChI is InChI=1S/C33H66B4O8/c1-20(2)30(21(3)4)28(17)31(22(5)6,23(7)8)39-35-42-34(38-30)43-36-40-32(24(9)10,25(11)12)29(18,19)33(26(13)14,27(15)16)41-37(44-35)45-36/h20-28H,1-19H3. The Balaban J connectivity index is 2.31. The summed E-state index contributed by atoms with van der Waals surface area (Å²) in [6.07, 6.45) is 0. The van der Waals surface area contributed by atoms with Crippen molar-refractivity contribution in [3.05, 3.63) is 0 Å². The molecule has 258 valence electrons. The average molecular weight is 634 g/mol. The van der Waals surface area contributed by atoms with E-state index >= 15 is 0 Å². The van der Waals surface area contributed by atoms with Gasteiger partial charge in [-0.1, -0.05) is 132 Å². The van der Waals surface area contributed by atoms with Crippen LogP contribution in [0.4, 0.5) is 0 Å². The lowest BCUT2D eigenvalue weighted by atomic mass is 9.50. The third-order valence-corrected chi connectivity index (χ3v) is 12.4. The molecule has 0 amide bonds. The van der Waals surface area contributed by atoms with Gasteiger partial charge in [0, 0.05) is 11.3 Å². The van der Waals surface area contributed by atoms with Gasteiger partial charge in [-0.25, -0.2) is 0 Å². The molecular weight excluding hydrogens is 568 g/mol. The molecule has 4 bridgehead atoms. The highest BCUT2D eigenvalue weighted by Crippen LogP contribution is 2.59. The van der Waals surface area contributed by atoms with Crippen LogP contribution >= 0.6 is 0 Å². The van der Waals surface area contributed by atoms with Crippen molar-refractivity contribution in [1.82, 2.24) is 0 Å². The minimum atomic E-state index is -1.19. The molecule has 0 aromatic rings. The van der Waals surface area contributed by atoms with E-state index in [2.05, 4.69) is 132 Å². The Morgan fingerprint density at radius 1 is 0.378 bits per heavy atom. The Labute approximate surface area is 278 Å². The number of hydrogen-bond acceptors (Lipinski definition) is 8. The number of rotatable bonds is 8. The minimum Gasteiger partial charge on any atom is -0.400 e. The summed E-state index contributed by atoms with van der Waals surface area (Å²) in [6.45, 7) is 42.1. The fraction of sp³-hybridized carbons (Fsp3) is 1.00. The summed E-state index contributed by atoms with van der Waals surface area (Å²) in [7, 11) is -4.72. The number of hydrogen-bond donors (Lipinski definition) is 0. The van der Waals surface area contributed by atoms with Gasteiger partial charge in [-0.3, -0.25) is 0 Å². The van der Waals surface area contributed by atoms with Crippen LogP contribution in [0.25, 0.3) is 0 Å². The van der Waals surface area contributed by atoms with Crippen LogP contribution in [0.3, 0.4) is 0 Å². The van der Waals surface area contributed by atoms with Crippen LogP contribution in [-0.4, -0.2) is 51.7 Å². The molecule has 45 heavy (non-hydrogen) atoms. The van der Waals surface area contributed by atoms with Gasteiger partial charge in [-0.15, -0.1) is 0 Å². The first-order chi connectivity index (χ1) is 20.5. The summed E-state index contributed by atoms with van der Waals surface area (Å²) >= 11 is 0. The summed E-state index contributed by atoms with van der Waals surface area (Å²) < 4.78 is 54.8. The maximum absolute atomic E-state index is 7.17. The third kappa shape index (κ3) is 5.95. The molecule has 3 fully saturated rings. The lowest BCUT2D eigenvalue weighted by molar-refractivity contribution is -0.255. The monoisotopic (exact) mass is 635 g/mol. The van der Waals surface area contributed by atoms with Gasteiger partial charge >= 0.3 is 29.3 Å². The lowest BCUT2D eigenvalue weighted by Gasteiger charge is -2.65. The predicted molar refractivity (Wildman–Crippen MR) is 184 cm³/mol. The topological polar surface area (TPSA) is 73.8 Å². The van der Waals surface area contributed by atoms with Gasteiger partial charge in [0.25, 0.3) is 0 Å². The summed E-state index contributed by atoms with van der Waals surface area (Å²) in [5.41, 5.74) is -3.32. The molecular formula is C33H66B4O8. The molecule has 3 heterocycles. The van der Waals surface area contributed by atoms with E-state index in [0.717, 1.165) is 0 Å². The van der Waals surface area contributed by atoms with E-state index in [1.807, 2.05) is 0 Å². The van der Waals surface area contributed by atoms with Gasteiger partial charge in [-0.05, 0) is 47.3 Å². The first-order valence-electron chi connectivity index (χ1n) is 17.8. The molecule has 3 aliphatic rings. The smallest absolute Gasteiger partial charge is 0.400 e. The lowest BCUT2D eigenvalue weighted by Crippen LogP contribution is -2.75. The van der Waals surface area contributed by atoms with Crippen molar-refractivity contribution in [1.29, 1.82) is 0 Å². The largest absolute Gasteiger partial charge is 0.615 e. The van der Waals surface area contributed by atoms with E-state index in [9.17, 15) is 0 Å². The molecule has 0 radical (unpaired) electrons. The third-order valence-electron chi connectivity index (χ3n) is 12.4. The van der Waals surface area contributed by atoms with Crippen LogP contribution < -0.4 is 0 Å². The van der Waals surface area contributed by atoms with E-state index in [4.69, 9.17) is 36.9 Å². The van der Waals surface area contributed by atoms with E-state index in [1.165, 1.54) is 0 Å². The molecule has 3 aliphatic heterocycles. The normalized spacial score (nSPS) is 25.4. The summed E-state index contributed by atoms with van der Waals surface area (Å²) in [5.74, 6) is 0.723. The molecule has 0 unspecified atom stereocenters. The Bertz CT molecular complexity index is 882. The van der Waals surface area contributed by atoms with E-state index in [1.54, 1.807) is 0 Å². The van der Waals surface area contributed by atoms with Crippen LogP contribution in [0, 0.1) is 58.7 Å². The van der Waals surface area contributed by atoms with Crippen LogP contribution in [0.1, 0.15) is 132 Å². The van der Waals surface area contributed by atoms with Crippen molar-refractivity contribution in [3.63, 3.8) is 0 Å². The zero-order valence-electron chi connectivity index (χ0n) is 32.3. The molecule has 12 heteroatoms. The van der Waals surface area contributed by atoms with Gasteiger partial charge in [0.05, 0.1) is 22.4 Å². The molecule has 0 atom stereocenters. The van der Waals surface area contributed by atoms with Gasteiger partial charge in [0.2, 0.25) is 0 Å². The first-order valence-corrected chi connectivity index (χ1v) is 17.8. The molecule has 8 nitrogen and oxygen atoms in total. The Morgan fingerprint density at radius 3 is 0.800 bits per heavy atom. The molecule has 0 aromatic carbocycles. The zero-order valence-corrected chi connectivity index (χ0v) is 32.3. The van der Waals surface area contributed by atoms with Crippen LogP contribution in [0.5, 0.6) is 0 Å². The van der Waals surface area contributed by atoms with Crippen molar-refractivity contribution in [3.8, 4) is 0 Å². The van der Waals surface area contributed by atoms with E-state index in [-0.39, 0.29) is 53.3 Å². The molecule has 0 aliphatic carbocycles. The van der Waals surface area contributed by atoms with Crippen molar-refractivity contribution in [2.75, 3.05) is 0 Å². The Morgan fingerprint density at radius 2 is 0.600 bits per heavy atom. The quantitative estimate of drug-likeness (QED) is 0.249. The molecule has 3 saturated heterocycles. The average Bonchev–Trinajstić information content (AvgIpc) is 2.86. The van der Waals surface area contributed by atoms with Crippen molar-refractivity contribution in [2.24, 2.45) is 58.7 Å². The van der Waals surface area contributed by atoms with Gasteiger partial charge in [0.15, 0.2) is 0 Å². The Hall–Kier alpha value is -0.0603. The highest BCUT2D eigenvalue weighted by atomic mass is 16.9. The van der Waals surface area contributed by atoms with Crippen LogP contribution in [0.2, 0.25) is 0 Å². The van der Waals surface area contributed by atoms with Gasteiger partial charge < -0.3 is 36.9 Å². The fourth-order valence-electron chi connectivity index (χ4n) is 11.2. The van der Waals surface area contributed by atoms with Crippen LogP contribution in [-0.2, 0) is 36.9 Å². The second-order valence-corrected chi connectivity index (χ2v) is 17.0. The fourth-order valence-corrected chi connectivity index (χ4v) is 11.2. The van der Waals surface area contributed by atoms with Crippen molar-refractivity contribution in [2.45, 2.75) is 154 Å². The molecule has 0 spiro atoms. The molecule has 0 N–H and O–H groups in total. The molecule has 0 saturated carbocycles. The SMILES string of the molecule is CC(C)C1(C(C)C)OB2OB(OB3OB(O2)OC(C(C)C)(C(C)C)C(C)(C)C(C(C)C)(C(C)C)O3)OC(C(C)C)(C(C)C)C1C. The van der Waals surface area contributed by atoms with Crippen LogP contribution in [0.15, 0.2) is 0 Å². The first kappa shape index (κ1) is 39.4. The van der Waals surface area contributed by atoms with Gasteiger partial charge in [-0.2, -0.15) is 0 Å². The molecule has 3 rings (SSSR count). The predicted octanol–water partition coefficient (Wildman–Crippen LogP) is 7.97. The second-order valence-electron chi connectivity index (χ2n) is 17.0. The molecule has 0 aromatic heterocycles. The van der Waals surface area contributed by atoms with Crippen molar-refractivity contribution >= 4 is 29.3 Å². The van der Waals surface area contributed by atoms with E-state index in [0.29, 0.717) is 0 Å². The summed E-state index contributed by atoms with van der Waals surface area (Å²) in [4.78, 5) is 0. The maximum atomic E-state index is 7.17. The highest BCUT2D eigenvalue weighted by molar-refractivity contribution is 6.67. The number of fused-ring (bicyclic) bond motifs is 4. The zero-order chi connectivity index (χ0) is 34.7. The van der Waals surface area contributed by atoms with E-state index < -0.39 is 57.1 Å². The summed E-state index contributed by atoms with van der Waals surface area (Å²) in [5, 5.41) is 0. The van der Waals surface area contributed by atoms with Gasteiger partial charge in [0.1, 0.15) is 0 Å². The maximum Gasteiger partial charge on any atom is 0.615 e.